The maximum atomic E-state index is 13.4. The Hall–Kier alpha value is -1.49. The Kier molecular flexibility index (Phi) is 4.17. The van der Waals surface area contributed by atoms with Crippen molar-refractivity contribution >= 4 is 5.91 Å². The normalized spacial score (nSPS) is 11.4. The monoisotopic (exact) mass is 243 g/mol. The number of halogens is 2. The predicted octanol–water partition coefficient (Wildman–Crippen LogP) is 1.86. The van der Waals surface area contributed by atoms with E-state index in [1.807, 2.05) is 0 Å². The summed E-state index contributed by atoms with van der Waals surface area (Å²) in [5.74, 6) is -3.30. The van der Waals surface area contributed by atoms with E-state index in [9.17, 15) is 13.6 Å². The molecule has 0 heterocycles. The van der Waals surface area contributed by atoms with Gasteiger partial charge < -0.3 is 10.0 Å². The van der Waals surface area contributed by atoms with Gasteiger partial charge in [0, 0.05) is 38.2 Å². The van der Waals surface area contributed by atoms with Gasteiger partial charge in [0.05, 0.1) is 0 Å². The number of hydrogen-bond acceptors (Lipinski definition) is 2. The van der Waals surface area contributed by atoms with Gasteiger partial charge in [-0.2, -0.15) is 0 Å². The number of benzene rings is 1. The second kappa shape index (κ2) is 5.23. The van der Waals surface area contributed by atoms with Crippen LogP contribution in [-0.2, 0) is 5.92 Å². The lowest BCUT2D eigenvalue weighted by Crippen LogP contribution is -2.22. The lowest BCUT2D eigenvalue weighted by atomic mass is 10.0. The van der Waals surface area contributed by atoms with Gasteiger partial charge in [-0.3, -0.25) is 4.79 Å². The molecule has 3 nitrogen and oxygen atoms in total. The van der Waals surface area contributed by atoms with Gasteiger partial charge in [0.2, 0.25) is 0 Å². The van der Waals surface area contributed by atoms with Crippen LogP contribution in [0, 0.1) is 0 Å². The summed E-state index contributed by atoms with van der Waals surface area (Å²) in [5.41, 5.74) is 0.167. The zero-order chi connectivity index (χ0) is 13.1. The molecule has 0 aliphatic rings. The third-order valence-corrected chi connectivity index (χ3v) is 2.39. The van der Waals surface area contributed by atoms with Crippen molar-refractivity contribution in [3.8, 4) is 0 Å². The van der Waals surface area contributed by atoms with E-state index in [1.165, 1.54) is 29.2 Å². The van der Waals surface area contributed by atoms with Gasteiger partial charge in [-0.1, -0.05) is 12.1 Å². The fraction of sp³-hybridized carbons (Fsp3) is 0.417. The summed E-state index contributed by atoms with van der Waals surface area (Å²) in [4.78, 5) is 12.9. The molecule has 0 saturated heterocycles. The van der Waals surface area contributed by atoms with E-state index in [4.69, 9.17) is 5.11 Å². The average Bonchev–Trinajstić information content (AvgIpc) is 2.28. The third kappa shape index (κ3) is 3.23. The van der Waals surface area contributed by atoms with Crippen molar-refractivity contribution in [2.24, 2.45) is 0 Å². The minimum absolute atomic E-state index is 0.193. The number of alkyl halides is 2. The highest BCUT2D eigenvalue weighted by Crippen LogP contribution is 2.31. The largest absolute Gasteiger partial charge is 0.396 e. The van der Waals surface area contributed by atoms with Crippen molar-refractivity contribution in [3.63, 3.8) is 0 Å². The number of nitrogens with zero attached hydrogens (tertiary/aromatic N) is 1. The fourth-order valence-corrected chi connectivity index (χ4v) is 1.40. The number of carbonyl (C=O) groups is 1. The number of aliphatic hydroxyl groups is 1. The molecule has 1 amide bonds. The molecule has 94 valence electrons. The lowest BCUT2D eigenvalue weighted by Gasteiger charge is -2.16. The number of hydrogen-bond donors (Lipinski definition) is 1. The van der Waals surface area contributed by atoms with Crippen LogP contribution in [0.25, 0.3) is 0 Å². The molecule has 1 aromatic carbocycles. The topological polar surface area (TPSA) is 40.5 Å². The van der Waals surface area contributed by atoms with Crippen molar-refractivity contribution in [2.45, 2.75) is 12.3 Å². The van der Waals surface area contributed by atoms with Gasteiger partial charge in [0.1, 0.15) is 0 Å². The molecule has 0 bridgehead atoms. The summed E-state index contributed by atoms with van der Waals surface area (Å²) >= 11 is 0. The van der Waals surface area contributed by atoms with Gasteiger partial charge in [0.15, 0.2) is 0 Å². The van der Waals surface area contributed by atoms with Gasteiger partial charge in [-0.15, -0.1) is 0 Å². The molecular formula is C12H15F2NO2. The molecule has 1 N–H and O–H groups in total. The van der Waals surface area contributed by atoms with E-state index in [1.54, 1.807) is 14.1 Å². The maximum Gasteiger partial charge on any atom is 0.275 e. The summed E-state index contributed by atoms with van der Waals surface area (Å²) in [6, 6.07) is 5.16. The summed E-state index contributed by atoms with van der Waals surface area (Å²) in [6.07, 6.45) is -0.617. The third-order valence-electron chi connectivity index (χ3n) is 2.39. The molecule has 0 spiro atoms. The van der Waals surface area contributed by atoms with Gasteiger partial charge in [0.25, 0.3) is 11.8 Å². The number of aliphatic hydroxyl groups excluding tert-OH is 1. The van der Waals surface area contributed by atoms with Gasteiger partial charge in [-0.05, 0) is 12.1 Å². The van der Waals surface area contributed by atoms with E-state index in [0.717, 1.165) is 0 Å². The minimum Gasteiger partial charge on any atom is -0.396 e. The number of carbonyl (C=O) groups excluding carboxylic acids is 1. The van der Waals surface area contributed by atoms with Crippen LogP contribution in [0.5, 0.6) is 0 Å². The molecule has 0 aromatic heterocycles. The second-order valence-electron chi connectivity index (χ2n) is 3.95. The molecule has 0 saturated carbocycles. The first-order chi connectivity index (χ1) is 7.88. The van der Waals surface area contributed by atoms with Crippen LogP contribution in [0.3, 0.4) is 0 Å². The predicted molar refractivity (Wildman–Crippen MR) is 60.1 cm³/mol. The Bertz CT molecular complexity index is 388. The van der Waals surface area contributed by atoms with Crippen LogP contribution in [-0.4, -0.2) is 36.6 Å². The average molecular weight is 243 g/mol. The standard InChI is InChI=1S/C12H15F2NO2/c1-15(2)11(17)9-3-5-10(6-4-9)12(13,14)7-8-16/h3-6,16H,7-8H2,1-2H3. The fourth-order valence-electron chi connectivity index (χ4n) is 1.40. The van der Waals surface area contributed by atoms with E-state index in [2.05, 4.69) is 0 Å². The molecule has 0 radical (unpaired) electrons. The molecule has 0 atom stereocenters. The summed E-state index contributed by atoms with van der Waals surface area (Å²) in [7, 11) is 3.19. The second-order valence-corrected chi connectivity index (χ2v) is 3.95. The first-order valence-corrected chi connectivity index (χ1v) is 5.19. The van der Waals surface area contributed by atoms with Crippen LogP contribution in [0.1, 0.15) is 22.3 Å². The van der Waals surface area contributed by atoms with Crippen LogP contribution in [0.4, 0.5) is 8.78 Å². The molecule has 0 fully saturated rings. The Morgan fingerprint density at radius 2 is 1.82 bits per heavy atom. The van der Waals surface area contributed by atoms with Gasteiger partial charge >= 0.3 is 0 Å². The zero-order valence-electron chi connectivity index (χ0n) is 9.78. The molecule has 1 aromatic rings. The Labute approximate surface area is 98.7 Å². The van der Waals surface area contributed by atoms with Crippen molar-refractivity contribution in [3.05, 3.63) is 35.4 Å². The first-order valence-electron chi connectivity index (χ1n) is 5.19. The number of rotatable bonds is 4. The number of amides is 1. The molecular weight excluding hydrogens is 228 g/mol. The Morgan fingerprint density at radius 3 is 2.24 bits per heavy atom. The summed E-state index contributed by atoms with van der Waals surface area (Å²) in [6.45, 7) is -0.578. The Balaban J connectivity index is 2.92. The van der Waals surface area contributed by atoms with E-state index in [0.29, 0.717) is 5.56 Å². The zero-order valence-corrected chi connectivity index (χ0v) is 9.78. The Morgan fingerprint density at radius 1 is 1.29 bits per heavy atom. The van der Waals surface area contributed by atoms with E-state index >= 15 is 0 Å². The molecule has 1 rings (SSSR count). The molecule has 0 aliphatic heterocycles. The first kappa shape index (κ1) is 13.6. The highest BCUT2D eigenvalue weighted by Gasteiger charge is 2.30. The van der Waals surface area contributed by atoms with Crippen LogP contribution >= 0.6 is 0 Å². The van der Waals surface area contributed by atoms with Crippen LogP contribution in [0.15, 0.2) is 24.3 Å². The lowest BCUT2D eigenvalue weighted by molar-refractivity contribution is -0.0269. The van der Waals surface area contributed by atoms with Crippen molar-refractivity contribution in [1.29, 1.82) is 0 Å². The molecule has 0 unspecified atom stereocenters. The SMILES string of the molecule is CN(C)C(=O)c1ccc(C(F)(F)CCO)cc1. The van der Waals surface area contributed by atoms with Crippen LogP contribution < -0.4 is 0 Å². The highest BCUT2D eigenvalue weighted by atomic mass is 19.3. The van der Waals surface area contributed by atoms with E-state index < -0.39 is 19.0 Å². The summed E-state index contributed by atoms with van der Waals surface area (Å²) in [5, 5.41) is 8.54. The minimum atomic E-state index is -3.06. The molecule has 5 heteroatoms. The van der Waals surface area contributed by atoms with Crippen molar-refractivity contribution in [1.82, 2.24) is 4.90 Å². The molecule has 17 heavy (non-hydrogen) atoms. The van der Waals surface area contributed by atoms with Crippen LogP contribution in [0.2, 0.25) is 0 Å². The summed E-state index contributed by atoms with van der Waals surface area (Å²) < 4.78 is 26.8. The maximum absolute atomic E-state index is 13.4. The molecule has 0 aliphatic carbocycles. The van der Waals surface area contributed by atoms with E-state index in [-0.39, 0.29) is 11.5 Å². The van der Waals surface area contributed by atoms with Crippen molar-refractivity contribution < 1.29 is 18.7 Å². The van der Waals surface area contributed by atoms with Gasteiger partial charge in [-0.25, -0.2) is 8.78 Å². The quantitative estimate of drug-likeness (QED) is 0.876. The highest BCUT2D eigenvalue weighted by molar-refractivity contribution is 5.93. The smallest absolute Gasteiger partial charge is 0.275 e. The van der Waals surface area contributed by atoms with Crippen molar-refractivity contribution in [2.75, 3.05) is 20.7 Å².